The standard InChI is InChI=1S/C30H32N2O6S2/c1-23-12-14-27(15-13-23)40(37,38)31-25(20-24-22-32(2)29-11-7-6-10-28(24)29)21-30(16-18-33,17-19-34)39(35,36)26-8-4-3-5-9-26/h3-15,18-19,22,25,31H,16-17,20-21H2,1-2H3/t25-/m0/s1. The van der Waals surface area contributed by atoms with Gasteiger partial charge in [0.25, 0.3) is 0 Å². The van der Waals surface area contributed by atoms with Crippen molar-refractivity contribution in [2.45, 2.75) is 53.2 Å². The van der Waals surface area contributed by atoms with Gasteiger partial charge in [-0.3, -0.25) is 0 Å². The van der Waals surface area contributed by atoms with Crippen LogP contribution in [0.4, 0.5) is 0 Å². The van der Waals surface area contributed by atoms with Gasteiger partial charge >= 0.3 is 0 Å². The number of carbonyl (C=O) groups is 2. The number of aldehydes is 2. The number of aryl methyl sites for hydroxylation is 2. The lowest BCUT2D eigenvalue weighted by Gasteiger charge is -2.34. The van der Waals surface area contributed by atoms with E-state index >= 15 is 0 Å². The predicted octanol–water partition coefficient (Wildman–Crippen LogP) is 4.16. The summed E-state index contributed by atoms with van der Waals surface area (Å²) in [7, 11) is -6.45. The molecule has 1 heterocycles. The molecular formula is C30H32N2O6S2. The minimum Gasteiger partial charge on any atom is -0.350 e. The molecule has 0 aliphatic rings. The van der Waals surface area contributed by atoms with E-state index in [0.717, 1.165) is 22.0 Å². The second kappa shape index (κ2) is 11.9. The van der Waals surface area contributed by atoms with Crippen LogP contribution in [0.2, 0.25) is 0 Å². The lowest BCUT2D eigenvalue weighted by Crippen LogP contribution is -2.48. The summed E-state index contributed by atoms with van der Waals surface area (Å²) in [6.45, 7) is 1.84. The first-order valence-corrected chi connectivity index (χ1v) is 15.8. The molecule has 4 aromatic rings. The zero-order chi connectivity index (χ0) is 29.0. The number of nitrogens with zero attached hydrogens (tertiary/aromatic N) is 1. The number of sulfonamides is 1. The van der Waals surface area contributed by atoms with Crippen molar-refractivity contribution in [3.63, 3.8) is 0 Å². The molecule has 1 aromatic heterocycles. The van der Waals surface area contributed by atoms with Gasteiger partial charge < -0.3 is 14.2 Å². The van der Waals surface area contributed by atoms with E-state index in [1.165, 1.54) is 24.3 Å². The summed E-state index contributed by atoms with van der Waals surface area (Å²) in [6.07, 6.45) is 1.74. The van der Waals surface area contributed by atoms with Gasteiger partial charge in [0, 0.05) is 43.0 Å². The average molecular weight is 581 g/mol. The number of carbonyl (C=O) groups excluding carboxylic acids is 2. The van der Waals surface area contributed by atoms with Crippen molar-refractivity contribution in [2.75, 3.05) is 0 Å². The summed E-state index contributed by atoms with van der Waals surface area (Å²) < 4.78 is 57.9. The summed E-state index contributed by atoms with van der Waals surface area (Å²) in [5.41, 5.74) is 2.62. The van der Waals surface area contributed by atoms with Crippen molar-refractivity contribution in [1.82, 2.24) is 9.29 Å². The molecule has 0 aliphatic carbocycles. The maximum atomic E-state index is 14.0. The van der Waals surface area contributed by atoms with Crippen LogP contribution in [0.1, 0.15) is 30.4 Å². The third-order valence-electron chi connectivity index (χ3n) is 7.25. The summed E-state index contributed by atoms with van der Waals surface area (Å²) in [6, 6.07) is 20.6. The monoisotopic (exact) mass is 580 g/mol. The van der Waals surface area contributed by atoms with E-state index in [-0.39, 0.29) is 22.6 Å². The van der Waals surface area contributed by atoms with Gasteiger partial charge in [0.1, 0.15) is 12.6 Å². The third-order valence-corrected chi connectivity index (χ3v) is 11.3. The number of fused-ring (bicyclic) bond motifs is 1. The van der Waals surface area contributed by atoms with Gasteiger partial charge in [-0.1, -0.05) is 54.1 Å². The Morgan fingerprint density at radius 1 is 0.825 bits per heavy atom. The molecule has 0 radical (unpaired) electrons. The van der Waals surface area contributed by atoms with Gasteiger partial charge in [0.05, 0.1) is 14.5 Å². The molecule has 0 amide bonds. The van der Waals surface area contributed by atoms with Crippen molar-refractivity contribution in [1.29, 1.82) is 0 Å². The minimum absolute atomic E-state index is 0.0308. The zero-order valence-electron chi connectivity index (χ0n) is 22.4. The Morgan fingerprint density at radius 2 is 1.43 bits per heavy atom. The van der Waals surface area contributed by atoms with E-state index in [9.17, 15) is 26.4 Å². The molecule has 10 heteroatoms. The Labute approximate surface area is 235 Å². The van der Waals surface area contributed by atoms with Crippen LogP contribution in [0.15, 0.2) is 94.9 Å². The van der Waals surface area contributed by atoms with Crippen molar-refractivity contribution < 1.29 is 26.4 Å². The molecule has 8 nitrogen and oxygen atoms in total. The molecule has 0 saturated carbocycles. The lowest BCUT2D eigenvalue weighted by atomic mass is 9.90. The Hall–Kier alpha value is -3.60. The fraction of sp³-hybridized carbons (Fsp3) is 0.267. The molecule has 210 valence electrons. The van der Waals surface area contributed by atoms with E-state index in [2.05, 4.69) is 4.72 Å². The number of nitrogens with one attached hydrogen (secondary N) is 1. The van der Waals surface area contributed by atoms with Crippen LogP contribution in [-0.4, -0.2) is 44.8 Å². The van der Waals surface area contributed by atoms with E-state index in [1.54, 1.807) is 30.3 Å². The number of benzene rings is 3. The molecule has 1 atom stereocenters. The second-order valence-electron chi connectivity index (χ2n) is 10.1. The molecule has 0 saturated heterocycles. The number of aromatic nitrogens is 1. The predicted molar refractivity (Wildman–Crippen MR) is 154 cm³/mol. The molecule has 0 aliphatic heterocycles. The smallest absolute Gasteiger partial charge is 0.240 e. The van der Waals surface area contributed by atoms with Crippen molar-refractivity contribution in [3.05, 3.63) is 96.2 Å². The highest BCUT2D eigenvalue weighted by atomic mass is 32.2. The third kappa shape index (κ3) is 5.94. The minimum atomic E-state index is -4.24. The van der Waals surface area contributed by atoms with Gasteiger partial charge in [-0.25, -0.2) is 21.6 Å². The Morgan fingerprint density at radius 3 is 2.05 bits per heavy atom. The molecule has 1 N–H and O–H groups in total. The molecule has 40 heavy (non-hydrogen) atoms. The summed E-state index contributed by atoms with van der Waals surface area (Å²) >= 11 is 0. The Kier molecular flexibility index (Phi) is 8.72. The molecule has 0 spiro atoms. The van der Waals surface area contributed by atoms with E-state index in [4.69, 9.17) is 0 Å². The average Bonchev–Trinajstić information content (AvgIpc) is 3.24. The highest BCUT2D eigenvalue weighted by Crippen LogP contribution is 2.37. The molecule has 4 rings (SSSR count). The van der Waals surface area contributed by atoms with Crippen LogP contribution in [0.25, 0.3) is 10.9 Å². The number of rotatable bonds is 13. The lowest BCUT2D eigenvalue weighted by molar-refractivity contribution is -0.109. The van der Waals surface area contributed by atoms with Gasteiger partial charge in [0.2, 0.25) is 10.0 Å². The topological polar surface area (TPSA) is 119 Å². The first-order chi connectivity index (χ1) is 19.0. The van der Waals surface area contributed by atoms with E-state index in [0.29, 0.717) is 12.6 Å². The van der Waals surface area contributed by atoms with E-state index in [1.807, 2.05) is 49.0 Å². The van der Waals surface area contributed by atoms with Gasteiger partial charge in [-0.15, -0.1) is 0 Å². The van der Waals surface area contributed by atoms with Gasteiger partial charge in [0.15, 0.2) is 9.84 Å². The first kappa shape index (κ1) is 29.4. The van der Waals surface area contributed by atoms with Gasteiger partial charge in [-0.05, 0) is 55.7 Å². The highest BCUT2D eigenvalue weighted by molar-refractivity contribution is 7.93. The van der Waals surface area contributed by atoms with Crippen LogP contribution in [0.3, 0.4) is 0 Å². The van der Waals surface area contributed by atoms with Gasteiger partial charge in [-0.2, -0.15) is 0 Å². The van der Waals surface area contributed by atoms with Crippen molar-refractivity contribution in [2.24, 2.45) is 7.05 Å². The quantitative estimate of drug-likeness (QED) is 0.237. The zero-order valence-corrected chi connectivity index (χ0v) is 24.0. The van der Waals surface area contributed by atoms with Crippen LogP contribution in [-0.2, 0) is 42.9 Å². The Bertz CT molecular complexity index is 1700. The maximum absolute atomic E-state index is 14.0. The van der Waals surface area contributed by atoms with E-state index < -0.39 is 43.5 Å². The van der Waals surface area contributed by atoms with Crippen LogP contribution < -0.4 is 4.72 Å². The largest absolute Gasteiger partial charge is 0.350 e. The van der Waals surface area contributed by atoms with Crippen LogP contribution in [0.5, 0.6) is 0 Å². The molecule has 0 fully saturated rings. The van der Waals surface area contributed by atoms with Crippen molar-refractivity contribution in [3.8, 4) is 0 Å². The highest BCUT2D eigenvalue weighted by Gasteiger charge is 2.46. The number of hydrogen-bond donors (Lipinski definition) is 1. The van der Waals surface area contributed by atoms with Crippen LogP contribution >= 0.6 is 0 Å². The van der Waals surface area contributed by atoms with Crippen LogP contribution in [0, 0.1) is 6.92 Å². The summed E-state index contributed by atoms with van der Waals surface area (Å²) in [5.74, 6) is 0. The molecular weight excluding hydrogens is 548 g/mol. The first-order valence-electron chi connectivity index (χ1n) is 12.8. The number of para-hydroxylation sites is 1. The molecule has 0 bridgehead atoms. The SMILES string of the molecule is Cc1ccc(S(=O)(=O)N[C@@H](Cc2cn(C)c3ccccc23)CC(CC=O)(CC=O)S(=O)(=O)c2ccccc2)cc1. The number of sulfone groups is 1. The fourth-order valence-corrected chi connectivity index (χ4v) is 8.44. The molecule has 3 aromatic carbocycles. The normalized spacial score (nSPS) is 13.2. The summed E-state index contributed by atoms with van der Waals surface area (Å²) in [5, 5.41) is 0.895. The fourth-order valence-electron chi connectivity index (χ4n) is 5.20. The maximum Gasteiger partial charge on any atom is 0.240 e. The molecule has 0 unspecified atom stereocenters. The summed E-state index contributed by atoms with van der Waals surface area (Å²) in [4.78, 5) is 23.8. The Balaban J connectivity index is 1.83. The number of hydrogen-bond acceptors (Lipinski definition) is 6. The van der Waals surface area contributed by atoms with Crippen molar-refractivity contribution >= 4 is 43.3 Å². The second-order valence-corrected chi connectivity index (χ2v) is 14.1.